The van der Waals surface area contributed by atoms with Gasteiger partial charge >= 0.3 is 0 Å². The number of hydrogen-bond acceptors (Lipinski definition) is 9. The predicted molar refractivity (Wildman–Crippen MR) is 149 cm³/mol. The van der Waals surface area contributed by atoms with Crippen molar-refractivity contribution in [3.63, 3.8) is 0 Å². The Morgan fingerprint density at radius 2 is 2.03 bits per heavy atom. The van der Waals surface area contributed by atoms with Crippen LogP contribution in [-0.4, -0.2) is 78.1 Å². The Bertz CT molecular complexity index is 1280. The first kappa shape index (κ1) is 27.1. The van der Waals surface area contributed by atoms with E-state index in [0.717, 1.165) is 23.5 Å². The maximum atomic E-state index is 12.2. The smallest absolute Gasteiger partial charge is 0.247 e. The summed E-state index contributed by atoms with van der Waals surface area (Å²) in [5.41, 5.74) is 4.26. The molecule has 1 fully saturated rings. The fraction of sp³-hybridized carbons (Fsp3) is 0.407. The quantitative estimate of drug-likeness (QED) is 0.388. The zero-order chi connectivity index (χ0) is 27.2. The molecule has 1 aromatic carbocycles. The molecule has 3 aromatic rings. The number of methoxy groups -OCH3 is 1. The third-order valence-electron chi connectivity index (χ3n) is 6.09. The van der Waals surface area contributed by atoms with Crippen molar-refractivity contribution in [2.45, 2.75) is 26.3 Å². The van der Waals surface area contributed by atoms with Crippen LogP contribution in [0.2, 0.25) is 0 Å². The molecule has 11 heteroatoms. The second-order valence-corrected chi connectivity index (χ2v) is 9.60. The molecule has 3 heterocycles. The van der Waals surface area contributed by atoms with Gasteiger partial charge in [0.2, 0.25) is 11.9 Å². The van der Waals surface area contributed by atoms with E-state index in [2.05, 4.69) is 45.8 Å². The average molecular weight is 521 g/mol. The highest BCUT2D eigenvalue weighted by atomic mass is 16.5. The Labute approximate surface area is 223 Å². The number of morpholine rings is 1. The lowest BCUT2D eigenvalue weighted by Gasteiger charge is -2.31. The van der Waals surface area contributed by atoms with Crippen molar-refractivity contribution in [3.05, 3.63) is 54.5 Å². The third kappa shape index (κ3) is 6.29. The summed E-state index contributed by atoms with van der Waals surface area (Å²) >= 11 is 0. The predicted octanol–water partition coefficient (Wildman–Crippen LogP) is 3.56. The van der Waals surface area contributed by atoms with E-state index in [-0.39, 0.29) is 11.8 Å². The monoisotopic (exact) mass is 520 g/mol. The Balaban J connectivity index is 1.68. The van der Waals surface area contributed by atoms with Crippen LogP contribution in [0, 0.1) is 0 Å². The number of hydrogen-bond donors (Lipinski definition) is 2. The van der Waals surface area contributed by atoms with Crippen LogP contribution in [0.25, 0.3) is 5.82 Å². The summed E-state index contributed by atoms with van der Waals surface area (Å²) in [6.45, 7) is 11.3. The number of anilines is 4. The number of nitrogens with zero attached hydrogens (tertiary/aromatic N) is 6. The van der Waals surface area contributed by atoms with Crippen molar-refractivity contribution in [3.8, 4) is 11.6 Å². The maximum Gasteiger partial charge on any atom is 0.247 e. The second kappa shape index (κ2) is 12.1. The van der Waals surface area contributed by atoms with E-state index < -0.39 is 0 Å². The molecule has 4 rings (SSSR count). The summed E-state index contributed by atoms with van der Waals surface area (Å²) in [4.78, 5) is 25.6. The zero-order valence-electron chi connectivity index (χ0n) is 22.7. The van der Waals surface area contributed by atoms with Gasteiger partial charge < -0.3 is 29.9 Å². The zero-order valence-corrected chi connectivity index (χ0v) is 22.7. The average Bonchev–Trinajstić information content (AvgIpc) is 3.33. The lowest BCUT2D eigenvalue weighted by atomic mass is 10.1. The highest BCUT2D eigenvalue weighted by Crippen LogP contribution is 2.38. The number of carbonyl (C=O) groups is 1. The Morgan fingerprint density at radius 1 is 1.26 bits per heavy atom. The van der Waals surface area contributed by atoms with Gasteiger partial charge in [-0.25, -0.2) is 9.67 Å². The first-order valence-electron chi connectivity index (χ1n) is 12.6. The number of aromatic nitrogens is 4. The number of benzene rings is 1. The lowest BCUT2D eigenvalue weighted by molar-refractivity contribution is -0.111. The van der Waals surface area contributed by atoms with Gasteiger partial charge in [0.15, 0.2) is 5.82 Å². The van der Waals surface area contributed by atoms with E-state index >= 15 is 0 Å². The van der Waals surface area contributed by atoms with E-state index in [0.29, 0.717) is 55.2 Å². The van der Waals surface area contributed by atoms with Crippen molar-refractivity contribution in [2.75, 3.05) is 63.0 Å². The van der Waals surface area contributed by atoms with Gasteiger partial charge in [-0.3, -0.25) is 4.79 Å². The van der Waals surface area contributed by atoms with Crippen molar-refractivity contribution in [2.24, 2.45) is 0 Å². The first-order chi connectivity index (χ1) is 18.3. The summed E-state index contributed by atoms with van der Waals surface area (Å²) in [6, 6.07) is 5.53. The second-order valence-electron chi connectivity index (χ2n) is 9.60. The molecule has 2 aromatic heterocycles. The fourth-order valence-corrected chi connectivity index (χ4v) is 4.33. The van der Waals surface area contributed by atoms with Crippen LogP contribution < -0.4 is 20.3 Å². The largest absolute Gasteiger partial charge is 0.494 e. The van der Waals surface area contributed by atoms with Gasteiger partial charge in [0, 0.05) is 49.7 Å². The summed E-state index contributed by atoms with van der Waals surface area (Å²) in [7, 11) is 5.68. The molecule has 0 saturated carbocycles. The molecule has 2 N–H and O–H groups in total. The van der Waals surface area contributed by atoms with Crippen LogP contribution in [0.15, 0.2) is 43.2 Å². The van der Waals surface area contributed by atoms with Gasteiger partial charge in [-0.15, -0.1) is 0 Å². The summed E-state index contributed by atoms with van der Waals surface area (Å²) in [6.07, 6.45) is 4.94. The first-order valence-corrected chi connectivity index (χ1v) is 12.6. The van der Waals surface area contributed by atoms with E-state index in [1.807, 2.05) is 38.5 Å². The standard InChI is InChI=1S/C27H36N8O3/c1-7-25(36)29-20-14-21(23(37-6)15-22(20)34-10-12-38-13-11-34)30-27-28-9-8-24(31-27)35-17-19(16-33(4)5)26(32-35)18(2)3/h7-9,14-15,17-18H,1,10-13,16H2,2-6H3,(H,29,36)(H,28,30,31). The molecule has 1 aliphatic heterocycles. The molecule has 0 spiro atoms. The van der Waals surface area contributed by atoms with E-state index in [1.54, 1.807) is 18.0 Å². The lowest BCUT2D eigenvalue weighted by Crippen LogP contribution is -2.36. The normalized spacial score (nSPS) is 13.6. The van der Waals surface area contributed by atoms with Crippen LogP contribution in [-0.2, 0) is 16.1 Å². The number of amides is 1. The SMILES string of the molecule is C=CC(=O)Nc1cc(Nc2nccc(-n3cc(CN(C)C)c(C(C)C)n3)n2)c(OC)cc1N1CCOCC1. The molecule has 0 radical (unpaired) electrons. The van der Waals surface area contributed by atoms with Gasteiger partial charge in [-0.1, -0.05) is 20.4 Å². The number of rotatable bonds is 10. The molecule has 0 bridgehead atoms. The van der Waals surface area contributed by atoms with Crippen molar-refractivity contribution in [1.29, 1.82) is 0 Å². The molecule has 11 nitrogen and oxygen atoms in total. The Hall–Kier alpha value is -3.96. The molecule has 1 amide bonds. The molecule has 202 valence electrons. The topological polar surface area (TPSA) is 110 Å². The van der Waals surface area contributed by atoms with Gasteiger partial charge in [0.25, 0.3) is 0 Å². The van der Waals surface area contributed by atoms with Crippen LogP contribution in [0.5, 0.6) is 5.75 Å². The van der Waals surface area contributed by atoms with Gasteiger partial charge in [0.05, 0.1) is 43.1 Å². The number of nitrogens with one attached hydrogen (secondary N) is 2. The molecule has 0 aliphatic carbocycles. The third-order valence-corrected chi connectivity index (χ3v) is 6.09. The molecule has 0 atom stereocenters. The van der Waals surface area contributed by atoms with Crippen LogP contribution in [0.3, 0.4) is 0 Å². The summed E-state index contributed by atoms with van der Waals surface area (Å²) in [5, 5.41) is 11.0. The number of ether oxygens (including phenoxy) is 2. The van der Waals surface area contributed by atoms with Crippen molar-refractivity contribution in [1.82, 2.24) is 24.6 Å². The summed E-state index contributed by atoms with van der Waals surface area (Å²) < 4.78 is 13.0. The van der Waals surface area contributed by atoms with Crippen molar-refractivity contribution < 1.29 is 14.3 Å². The fourth-order valence-electron chi connectivity index (χ4n) is 4.33. The Morgan fingerprint density at radius 3 is 2.68 bits per heavy atom. The molecular weight excluding hydrogens is 484 g/mol. The van der Waals surface area contributed by atoms with Crippen LogP contribution in [0.1, 0.15) is 31.0 Å². The highest BCUT2D eigenvalue weighted by Gasteiger charge is 2.20. The maximum absolute atomic E-state index is 12.2. The minimum absolute atomic E-state index is 0.282. The molecular formula is C27H36N8O3. The van der Waals surface area contributed by atoms with Crippen LogP contribution >= 0.6 is 0 Å². The molecule has 0 unspecified atom stereocenters. The number of carbonyl (C=O) groups excluding carboxylic acids is 1. The van der Waals surface area contributed by atoms with Crippen LogP contribution in [0.4, 0.5) is 23.0 Å². The highest BCUT2D eigenvalue weighted by molar-refractivity contribution is 6.02. The minimum Gasteiger partial charge on any atom is -0.494 e. The minimum atomic E-state index is -0.304. The molecule has 38 heavy (non-hydrogen) atoms. The summed E-state index contributed by atoms with van der Waals surface area (Å²) in [5.74, 6) is 1.58. The Kier molecular flexibility index (Phi) is 8.59. The van der Waals surface area contributed by atoms with E-state index in [9.17, 15) is 4.79 Å². The molecule has 1 aliphatic rings. The van der Waals surface area contributed by atoms with E-state index in [1.165, 1.54) is 6.08 Å². The van der Waals surface area contributed by atoms with Crippen molar-refractivity contribution >= 4 is 28.9 Å². The van der Waals surface area contributed by atoms with E-state index in [4.69, 9.17) is 19.6 Å². The van der Waals surface area contributed by atoms with Gasteiger partial charge in [0.1, 0.15) is 5.75 Å². The van der Waals surface area contributed by atoms with Gasteiger partial charge in [-0.2, -0.15) is 10.1 Å². The molecule has 1 saturated heterocycles. The van der Waals surface area contributed by atoms with Gasteiger partial charge in [-0.05, 0) is 32.2 Å².